The van der Waals surface area contributed by atoms with Gasteiger partial charge in [0, 0.05) is 61.2 Å². The molecule has 6 rings (SSSR count). The van der Waals surface area contributed by atoms with Gasteiger partial charge in [-0.05, 0) is 62.2 Å². The summed E-state index contributed by atoms with van der Waals surface area (Å²) in [6.07, 6.45) is 0.124. The van der Waals surface area contributed by atoms with E-state index in [0.717, 1.165) is 12.0 Å². The van der Waals surface area contributed by atoms with Crippen LogP contribution >= 0.6 is 23.2 Å². The van der Waals surface area contributed by atoms with Gasteiger partial charge in [0.25, 0.3) is 0 Å². The van der Waals surface area contributed by atoms with Crippen LogP contribution in [0.2, 0.25) is 10.0 Å². The second kappa shape index (κ2) is 16.0. The monoisotopic (exact) mass is 757 g/mol. The normalized spacial score (nSPS) is 16.9. The fourth-order valence-electron chi connectivity index (χ4n) is 6.53. The molecule has 1 aromatic carbocycles. The van der Waals surface area contributed by atoms with Gasteiger partial charge in [-0.15, -0.1) is 0 Å². The lowest BCUT2D eigenvalue weighted by Gasteiger charge is -2.31. The Labute approximate surface area is 307 Å². The van der Waals surface area contributed by atoms with Gasteiger partial charge in [-0.2, -0.15) is 13.2 Å². The van der Waals surface area contributed by atoms with Crippen LogP contribution in [0.25, 0.3) is 22.5 Å². The molecule has 274 valence electrons. The number of aliphatic carboxylic acids is 1. The number of hydrogen-bond acceptors (Lipinski definition) is 9. The Balaban J connectivity index is 1.24. The third-order valence-corrected chi connectivity index (χ3v) is 10.0. The molecule has 4 N–H and O–H groups in total. The number of halogens is 5. The predicted octanol–water partition coefficient (Wildman–Crippen LogP) is 6.95. The standard InChI is InChI=1S/C36H36Cl2F3N7O4/c1-52-34-21(17-42-18-23-6-8-28(49)45-23)5-7-26(47-34)24-10-14-43-32(31(24)38)25-3-2-4-27(30(25)37)46-33-29(36(39,40)41)22(9-13-44-33)19-48-15-11-20(12-16-48)35(50)51/h2-5,7,9-10,13-14,20,23,42H,6,8,11-12,15-19H2,1H3,(H,44,46)(H,45,49)(H,50,51)/t23-/m1/s1. The molecule has 52 heavy (non-hydrogen) atoms. The number of hydrogen-bond donors (Lipinski definition) is 4. The molecule has 3 aromatic heterocycles. The first-order valence-electron chi connectivity index (χ1n) is 16.7. The van der Waals surface area contributed by atoms with Crippen molar-refractivity contribution in [2.75, 3.05) is 32.1 Å². The molecule has 4 aromatic rings. The Kier molecular flexibility index (Phi) is 11.5. The lowest BCUT2D eigenvalue weighted by Crippen LogP contribution is -2.36. The van der Waals surface area contributed by atoms with Crippen LogP contribution in [0.3, 0.4) is 0 Å². The molecule has 1 amide bonds. The summed E-state index contributed by atoms with van der Waals surface area (Å²) in [6, 6.07) is 11.6. The Morgan fingerprint density at radius 2 is 1.79 bits per heavy atom. The molecule has 5 heterocycles. The van der Waals surface area contributed by atoms with E-state index in [2.05, 4.69) is 30.9 Å². The molecule has 1 atom stereocenters. The molecule has 2 aliphatic rings. The molecule has 2 saturated heterocycles. The van der Waals surface area contributed by atoms with E-state index in [1.165, 1.54) is 25.4 Å². The van der Waals surface area contributed by atoms with Crippen molar-refractivity contribution in [3.8, 4) is 28.4 Å². The van der Waals surface area contributed by atoms with Crippen LogP contribution in [0.1, 0.15) is 42.4 Å². The highest BCUT2D eigenvalue weighted by molar-refractivity contribution is 6.39. The number of aromatic nitrogens is 3. The minimum atomic E-state index is -4.75. The summed E-state index contributed by atoms with van der Waals surface area (Å²) < 4.78 is 49.3. The maximum atomic E-state index is 14.6. The molecule has 0 spiro atoms. The lowest BCUT2D eigenvalue weighted by atomic mass is 9.96. The highest BCUT2D eigenvalue weighted by Gasteiger charge is 2.38. The van der Waals surface area contributed by atoms with Gasteiger partial charge < -0.3 is 25.8 Å². The summed E-state index contributed by atoms with van der Waals surface area (Å²) >= 11 is 13.8. The van der Waals surface area contributed by atoms with Crippen LogP contribution in [-0.2, 0) is 28.9 Å². The van der Waals surface area contributed by atoms with E-state index < -0.39 is 29.4 Å². The number of likely N-dealkylation sites (tertiary alicyclic amines) is 1. The van der Waals surface area contributed by atoms with E-state index in [1.54, 1.807) is 30.5 Å². The van der Waals surface area contributed by atoms with E-state index in [9.17, 15) is 27.9 Å². The third kappa shape index (κ3) is 8.41. The maximum Gasteiger partial charge on any atom is 0.420 e. The number of pyridine rings is 3. The van der Waals surface area contributed by atoms with Gasteiger partial charge in [-0.1, -0.05) is 41.4 Å². The average Bonchev–Trinajstić information content (AvgIpc) is 3.54. The summed E-state index contributed by atoms with van der Waals surface area (Å²) in [5.41, 5.74) is 1.75. The van der Waals surface area contributed by atoms with Gasteiger partial charge in [0.05, 0.1) is 40.1 Å². The van der Waals surface area contributed by atoms with Crippen molar-refractivity contribution in [2.45, 2.75) is 51.0 Å². The van der Waals surface area contributed by atoms with Gasteiger partial charge in [-0.3, -0.25) is 19.5 Å². The number of nitrogens with one attached hydrogen (secondary N) is 3. The molecule has 0 unspecified atom stereocenters. The largest absolute Gasteiger partial charge is 0.481 e. The van der Waals surface area contributed by atoms with Crippen LogP contribution in [0.4, 0.5) is 24.7 Å². The van der Waals surface area contributed by atoms with Crippen molar-refractivity contribution < 1.29 is 32.6 Å². The fourth-order valence-corrected chi connectivity index (χ4v) is 7.11. The SMILES string of the molecule is COc1nc(-c2ccnc(-c3cccc(Nc4nccc(CN5CCC(C(=O)O)CC5)c4C(F)(F)F)c3Cl)c2Cl)ccc1CNC[C@H]1CCC(=O)N1. The van der Waals surface area contributed by atoms with Gasteiger partial charge in [0.1, 0.15) is 11.4 Å². The zero-order chi connectivity index (χ0) is 37.0. The van der Waals surface area contributed by atoms with Crippen LogP contribution in [0, 0.1) is 5.92 Å². The number of nitrogens with zero attached hydrogens (tertiary/aromatic N) is 4. The van der Waals surface area contributed by atoms with Crippen LogP contribution in [-0.4, -0.2) is 69.6 Å². The number of carboxylic acid groups (broad SMARTS) is 1. The van der Waals surface area contributed by atoms with Gasteiger partial charge in [0.2, 0.25) is 11.8 Å². The number of amides is 1. The first-order valence-corrected chi connectivity index (χ1v) is 17.4. The number of benzene rings is 1. The van der Waals surface area contributed by atoms with Crippen molar-refractivity contribution in [3.05, 3.63) is 81.6 Å². The quantitative estimate of drug-likeness (QED) is 0.120. The number of rotatable bonds is 12. The van der Waals surface area contributed by atoms with Crippen molar-refractivity contribution in [1.29, 1.82) is 0 Å². The Hall–Kier alpha value is -4.50. The zero-order valence-electron chi connectivity index (χ0n) is 28.1. The van der Waals surface area contributed by atoms with Crippen molar-refractivity contribution in [1.82, 2.24) is 30.5 Å². The molecule has 11 nitrogen and oxygen atoms in total. The number of alkyl halides is 3. The first-order chi connectivity index (χ1) is 24.9. The Morgan fingerprint density at radius 1 is 1.02 bits per heavy atom. The number of ether oxygens (including phenoxy) is 1. The minimum absolute atomic E-state index is 0.00972. The number of carboxylic acids is 1. The average molecular weight is 759 g/mol. The molecule has 0 bridgehead atoms. The number of anilines is 2. The molecule has 0 saturated carbocycles. The lowest BCUT2D eigenvalue weighted by molar-refractivity contribution is -0.143. The summed E-state index contributed by atoms with van der Waals surface area (Å²) in [7, 11) is 1.52. The summed E-state index contributed by atoms with van der Waals surface area (Å²) in [6.45, 7) is 1.79. The van der Waals surface area contributed by atoms with E-state index >= 15 is 0 Å². The molecule has 2 fully saturated rings. The van der Waals surface area contributed by atoms with Gasteiger partial charge >= 0.3 is 12.1 Å². The second-order valence-corrected chi connectivity index (χ2v) is 13.4. The maximum absolute atomic E-state index is 14.6. The first kappa shape index (κ1) is 37.3. The molecule has 2 aliphatic heterocycles. The smallest absolute Gasteiger partial charge is 0.420 e. The number of carbonyl (C=O) groups excluding carboxylic acids is 1. The molecular formula is C36H36Cl2F3N7O4. The zero-order valence-corrected chi connectivity index (χ0v) is 29.6. The van der Waals surface area contributed by atoms with Gasteiger partial charge in [-0.25, -0.2) is 9.97 Å². The predicted molar refractivity (Wildman–Crippen MR) is 191 cm³/mol. The molecular weight excluding hydrogens is 722 g/mol. The van der Waals surface area contributed by atoms with Crippen LogP contribution in [0.5, 0.6) is 5.88 Å². The van der Waals surface area contributed by atoms with Crippen LogP contribution < -0.4 is 20.7 Å². The highest BCUT2D eigenvalue weighted by Crippen LogP contribution is 2.43. The summed E-state index contributed by atoms with van der Waals surface area (Å²) in [5.74, 6) is -1.37. The Bertz CT molecular complexity index is 1960. The van der Waals surface area contributed by atoms with Crippen molar-refractivity contribution in [2.24, 2.45) is 5.92 Å². The Morgan fingerprint density at radius 3 is 2.48 bits per heavy atom. The van der Waals surface area contributed by atoms with E-state index in [1.807, 2.05) is 11.0 Å². The topological polar surface area (TPSA) is 142 Å². The van der Waals surface area contributed by atoms with Crippen LogP contribution in [0.15, 0.2) is 54.9 Å². The highest BCUT2D eigenvalue weighted by atomic mass is 35.5. The number of carbonyl (C=O) groups is 2. The fraction of sp³-hybridized carbons (Fsp3) is 0.361. The van der Waals surface area contributed by atoms with E-state index in [4.69, 9.17) is 27.9 Å². The van der Waals surface area contributed by atoms with E-state index in [-0.39, 0.29) is 39.8 Å². The van der Waals surface area contributed by atoms with E-state index in [0.29, 0.717) is 73.8 Å². The third-order valence-electron chi connectivity index (χ3n) is 9.25. The molecule has 16 heteroatoms. The van der Waals surface area contributed by atoms with Crippen molar-refractivity contribution >= 4 is 46.6 Å². The second-order valence-electron chi connectivity index (χ2n) is 12.7. The minimum Gasteiger partial charge on any atom is -0.481 e. The molecule has 0 radical (unpaired) electrons. The van der Waals surface area contributed by atoms with Crippen molar-refractivity contribution in [3.63, 3.8) is 0 Å². The number of piperidine rings is 1. The summed E-state index contributed by atoms with van der Waals surface area (Å²) in [4.78, 5) is 37.8. The molecule has 0 aliphatic carbocycles. The summed E-state index contributed by atoms with van der Waals surface area (Å²) in [5, 5.41) is 18.7. The number of methoxy groups -OCH3 is 1. The van der Waals surface area contributed by atoms with Gasteiger partial charge in [0.15, 0.2) is 0 Å².